The largest absolute Gasteiger partial charge is 0.347 e. The van der Waals surface area contributed by atoms with Gasteiger partial charge in [-0.15, -0.1) is 0 Å². The van der Waals surface area contributed by atoms with Crippen LogP contribution in [-0.4, -0.2) is 72.2 Å². The van der Waals surface area contributed by atoms with Crippen LogP contribution in [0.3, 0.4) is 0 Å². The molecule has 0 atom stereocenters. The van der Waals surface area contributed by atoms with Gasteiger partial charge in [-0.2, -0.15) is 15.0 Å². The highest BCUT2D eigenvalue weighted by Crippen LogP contribution is 2.48. The second-order valence-corrected chi connectivity index (χ2v) is 10.7. The molecule has 1 aromatic rings. The molecule has 0 saturated carbocycles. The Kier molecular flexibility index (Phi) is 7.55. The fraction of sp³-hybridized carbons (Fsp3) is 0.875. The molecule has 2 aliphatic heterocycles. The molecule has 0 N–H and O–H groups in total. The van der Waals surface area contributed by atoms with E-state index in [-0.39, 0.29) is 11.1 Å². The van der Waals surface area contributed by atoms with Gasteiger partial charge in [-0.05, 0) is 40.5 Å². The van der Waals surface area contributed by atoms with Crippen LogP contribution < -0.4 is 14.7 Å². The highest BCUT2D eigenvalue weighted by molar-refractivity contribution is 5.50. The molecule has 0 aromatic carbocycles. The maximum absolute atomic E-state index is 6.13. The first-order chi connectivity index (χ1) is 15.0. The van der Waals surface area contributed by atoms with Crippen molar-refractivity contribution in [3.05, 3.63) is 0 Å². The van der Waals surface area contributed by atoms with E-state index in [9.17, 15) is 0 Å². The SMILES string of the molecule is CCCCN(C)c1nc(N(C)CCCC)nc(N2C(C)(C)CC3(CC2(C)C)OCCO3)n1. The average molecular weight is 449 g/mol. The molecule has 8 nitrogen and oxygen atoms in total. The van der Waals surface area contributed by atoms with Crippen LogP contribution in [0.5, 0.6) is 0 Å². The van der Waals surface area contributed by atoms with Gasteiger partial charge in [-0.1, -0.05) is 26.7 Å². The number of hydrogen-bond acceptors (Lipinski definition) is 8. The molecule has 3 rings (SSSR count). The van der Waals surface area contributed by atoms with E-state index in [4.69, 9.17) is 24.4 Å². The van der Waals surface area contributed by atoms with Crippen LogP contribution in [0.15, 0.2) is 0 Å². The topological polar surface area (TPSA) is 66.9 Å². The molecule has 3 heterocycles. The summed E-state index contributed by atoms with van der Waals surface area (Å²) in [5.74, 6) is 1.70. The summed E-state index contributed by atoms with van der Waals surface area (Å²) in [5, 5.41) is 0. The molecule has 182 valence electrons. The van der Waals surface area contributed by atoms with Crippen molar-refractivity contribution in [2.75, 3.05) is 55.1 Å². The Morgan fingerprint density at radius 3 is 1.62 bits per heavy atom. The number of nitrogens with zero attached hydrogens (tertiary/aromatic N) is 6. The van der Waals surface area contributed by atoms with Crippen molar-refractivity contribution in [3.8, 4) is 0 Å². The molecule has 2 saturated heterocycles. The van der Waals surface area contributed by atoms with Gasteiger partial charge in [-0.25, -0.2) is 0 Å². The first kappa shape index (κ1) is 25.0. The normalized spacial score (nSPS) is 21.2. The number of aromatic nitrogens is 3. The summed E-state index contributed by atoms with van der Waals surface area (Å²) in [6, 6.07) is 0. The van der Waals surface area contributed by atoms with Crippen LogP contribution in [0.25, 0.3) is 0 Å². The predicted molar refractivity (Wildman–Crippen MR) is 131 cm³/mol. The maximum Gasteiger partial charge on any atom is 0.232 e. The molecule has 32 heavy (non-hydrogen) atoms. The lowest BCUT2D eigenvalue weighted by Gasteiger charge is -2.57. The highest BCUT2D eigenvalue weighted by atomic mass is 16.7. The third kappa shape index (κ3) is 5.28. The van der Waals surface area contributed by atoms with E-state index in [2.05, 4.69) is 70.3 Å². The van der Waals surface area contributed by atoms with Crippen molar-refractivity contribution in [2.45, 2.75) is 96.9 Å². The molecule has 0 aliphatic carbocycles. The molecule has 1 spiro atoms. The van der Waals surface area contributed by atoms with Crippen LogP contribution in [0.2, 0.25) is 0 Å². The van der Waals surface area contributed by atoms with Crippen molar-refractivity contribution in [1.29, 1.82) is 0 Å². The van der Waals surface area contributed by atoms with Crippen LogP contribution >= 0.6 is 0 Å². The lowest BCUT2D eigenvalue weighted by molar-refractivity contribution is -0.198. The second kappa shape index (κ2) is 9.67. The third-order valence-electron chi connectivity index (χ3n) is 6.61. The Morgan fingerprint density at radius 1 is 0.781 bits per heavy atom. The summed E-state index contributed by atoms with van der Waals surface area (Å²) in [7, 11) is 4.15. The Morgan fingerprint density at radius 2 is 1.22 bits per heavy atom. The summed E-state index contributed by atoms with van der Waals surface area (Å²) in [6.45, 7) is 16.6. The van der Waals surface area contributed by atoms with E-state index < -0.39 is 5.79 Å². The standard InChI is InChI=1S/C24H44N6O2/c1-9-11-13-28(7)19-25-20(29(8)14-12-10-2)27-21(26-19)30-22(3,4)17-24(18-23(30,5)6)31-15-16-32-24/h9-18H2,1-8H3. The summed E-state index contributed by atoms with van der Waals surface area (Å²) in [5.41, 5.74) is -0.488. The number of piperidine rings is 1. The smallest absolute Gasteiger partial charge is 0.232 e. The zero-order valence-electron chi connectivity index (χ0n) is 21.6. The summed E-state index contributed by atoms with van der Waals surface area (Å²) in [6.07, 6.45) is 6.04. The van der Waals surface area contributed by atoms with Crippen LogP contribution in [-0.2, 0) is 9.47 Å². The van der Waals surface area contributed by atoms with Crippen LogP contribution in [0.4, 0.5) is 17.8 Å². The van der Waals surface area contributed by atoms with E-state index in [1.54, 1.807) is 0 Å². The van der Waals surface area contributed by atoms with Gasteiger partial charge in [-0.3, -0.25) is 0 Å². The molecule has 0 unspecified atom stereocenters. The van der Waals surface area contributed by atoms with Gasteiger partial charge in [0.2, 0.25) is 17.8 Å². The first-order valence-electron chi connectivity index (χ1n) is 12.3. The van der Waals surface area contributed by atoms with Gasteiger partial charge < -0.3 is 24.2 Å². The third-order valence-corrected chi connectivity index (χ3v) is 6.61. The van der Waals surface area contributed by atoms with Crippen LogP contribution in [0.1, 0.15) is 80.1 Å². The number of ether oxygens (including phenoxy) is 2. The lowest BCUT2D eigenvalue weighted by atomic mass is 9.76. The minimum absolute atomic E-state index is 0.244. The van der Waals surface area contributed by atoms with Gasteiger partial charge in [0.1, 0.15) is 0 Å². The highest BCUT2D eigenvalue weighted by Gasteiger charge is 2.56. The zero-order valence-corrected chi connectivity index (χ0v) is 21.6. The summed E-state index contributed by atoms with van der Waals surface area (Å²) in [4.78, 5) is 21.5. The van der Waals surface area contributed by atoms with E-state index in [1.165, 1.54) is 0 Å². The average Bonchev–Trinajstić information content (AvgIpc) is 3.14. The molecule has 0 bridgehead atoms. The predicted octanol–water partition coefficient (Wildman–Crippen LogP) is 4.24. The Balaban J connectivity index is 2.01. The fourth-order valence-corrected chi connectivity index (χ4v) is 5.38. The molecule has 8 heteroatoms. The molecule has 0 radical (unpaired) electrons. The van der Waals surface area contributed by atoms with Crippen molar-refractivity contribution in [3.63, 3.8) is 0 Å². The molecule has 0 amide bonds. The van der Waals surface area contributed by atoms with E-state index >= 15 is 0 Å². The van der Waals surface area contributed by atoms with Crippen molar-refractivity contribution >= 4 is 17.8 Å². The van der Waals surface area contributed by atoms with Crippen molar-refractivity contribution in [2.24, 2.45) is 0 Å². The Hall–Kier alpha value is -1.67. The number of rotatable bonds is 9. The lowest BCUT2D eigenvalue weighted by Crippen LogP contribution is -2.66. The number of anilines is 3. The number of hydrogen-bond donors (Lipinski definition) is 0. The minimum Gasteiger partial charge on any atom is -0.347 e. The summed E-state index contributed by atoms with van der Waals surface area (Å²) < 4.78 is 12.3. The molecular formula is C24H44N6O2. The Bertz CT molecular complexity index is 711. The maximum atomic E-state index is 6.13. The van der Waals surface area contributed by atoms with E-state index in [0.29, 0.717) is 13.2 Å². The Labute approximate surface area is 194 Å². The first-order valence-corrected chi connectivity index (χ1v) is 12.3. The van der Waals surface area contributed by atoms with Crippen molar-refractivity contribution < 1.29 is 9.47 Å². The summed E-state index contributed by atoms with van der Waals surface area (Å²) >= 11 is 0. The van der Waals surface area contributed by atoms with Crippen molar-refractivity contribution in [1.82, 2.24) is 15.0 Å². The quantitative estimate of drug-likeness (QED) is 0.556. The molecular weight excluding hydrogens is 404 g/mol. The van der Waals surface area contributed by atoms with Gasteiger partial charge in [0.15, 0.2) is 5.79 Å². The van der Waals surface area contributed by atoms with Gasteiger partial charge in [0.05, 0.1) is 13.2 Å². The van der Waals surface area contributed by atoms with Gasteiger partial charge in [0, 0.05) is 51.1 Å². The zero-order chi connectivity index (χ0) is 23.6. The monoisotopic (exact) mass is 448 g/mol. The van der Waals surface area contributed by atoms with Crippen LogP contribution in [0, 0.1) is 0 Å². The number of unbranched alkanes of at least 4 members (excludes halogenated alkanes) is 2. The molecule has 2 aliphatic rings. The van der Waals surface area contributed by atoms with Gasteiger partial charge >= 0.3 is 0 Å². The molecule has 2 fully saturated rings. The van der Waals surface area contributed by atoms with E-state index in [0.717, 1.165) is 69.5 Å². The minimum atomic E-state index is -0.516. The molecule has 1 aromatic heterocycles. The van der Waals surface area contributed by atoms with Gasteiger partial charge in [0.25, 0.3) is 0 Å². The fourth-order valence-electron chi connectivity index (χ4n) is 5.38. The van der Waals surface area contributed by atoms with E-state index in [1.807, 2.05) is 0 Å². The second-order valence-electron chi connectivity index (χ2n) is 10.7.